The van der Waals surface area contributed by atoms with Gasteiger partial charge in [0.1, 0.15) is 11.3 Å². The van der Waals surface area contributed by atoms with Gasteiger partial charge in [-0.25, -0.2) is 18.4 Å². The Bertz CT molecular complexity index is 1520. The van der Waals surface area contributed by atoms with Gasteiger partial charge in [-0.3, -0.25) is 9.59 Å². The molecule has 0 aliphatic rings. The highest BCUT2D eigenvalue weighted by Gasteiger charge is 2.26. The third-order valence-electron chi connectivity index (χ3n) is 4.74. The quantitative estimate of drug-likeness (QED) is 0.349. The number of furan rings is 1. The Labute approximate surface area is 204 Å². The zero-order chi connectivity index (χ0) is 24.5. The first-order chi connectivity index (χ1) is 16.2. The Morgan fingerprint density at radius 2 is 1.71 bits per heavy atom. The van der Waals surface area contributed by atoms with E-state index in [4.69, 9.17) is 27.6 Å². The highest BCUT2D eigenvalue weighted by atomic mass is 35.5. The summed E-state index contributed by atoms with van der Waals surface area (Å²) in [6.07, 6.45) is 1.04. The van der Waals surface area contributed by atoms with Gasteiger partial charge in [0.05, 0.1) is 17.0 Å². The summed E-state index contributed by atoms with van der Waals surface area (Å²) in [5.41, 5.74) is 0.516. The first-order valence-corrected chi connectivity index (χ1v) is 12.3. The molecule has 2 aromatic heterocycles. The summed E-state index contributed by atoms with van der Waals surface area (Å²) in [5, 5.41) is 5.52. The van der Waals surface area contributed by atoms with E-state index >= 15 is 0 Å². The molecule has 0 spiro atoms. The van der Waals surface area contributed by atoms with Crippen molar-refractivity contribution in [3.63, 3.8) is 0 Å². The van der Waals surface area contributed by atoms with Gasteiger partial charge in [0, 0.05) is 16.1 Å². The number of halogens is 2. The minimum Gasteiger partial charge on any atom is -0.449 e. The zero-order valence-electron chi connectivity index (χ0n) is 17.5. The van der Waals surface area contributed by atoms with Crippen LogP contribution in [0.2, 0.25) is 10.0 Å². The fraction of sp³-hybridized carbons (Fsp3) is 0.0909. The first kappa shape index (κ1) is 23.7. The van der Waals surface area contributed by atoms with Crippen LogP contribution in [0, 0.1) is 0 Å². The van der Waals surface area contributed by atoms with E-state index in [-0.39, 0.29) is 27.9 Å². The van der Waals surface area contributed by atoms with Crippen LogP contribution in [0.1, 0.15) is 28.0 Å². The molecule has 2 aromatic carbocycles. The topological polar surface area (TPSA) is 131 Å². The number of fused-ring (bicyclic) bond motifs is 1. The molecule has 9 nitrogen and oxygen atoms in total. The molecular weight excluding hydrogens is 503 g/mol. The second-order valence-corrected chi connectivity index (χ2v) is 9.99. The van der Waals surface area contributed by atoms with Crippen molar-refractivity contribution in [3.05, 3.63) is 76.2 Å². The van der Waals surface area contributed by atoms with Crippen molar-refractivity contribution in [1.29, 1.82) is 0 Å². The van der Waals surface area contributed by atoms with Gasteiger partial charge < -0.3 is 15.1 Å². The van der Waals surface area contributed by atoms with Crippen molar-refractivity contribution in [3.8, 4) is 0 Å². The van der Waals surface area contributed by atoms with E-state index in [1.165, 1.54) is 6.92 Å². The number of rotatable bonds is 6. The van der Waals surface area contributed by atoms with Gasteiger partial charge in [-0.15, -0.1) is 0 Å². The molecular formula is C22H16Cl2N4O5S. The van der Waals surface area contributed by atoms with E-state index < -0.39 is 26.8 Å². The van der Waals surface area contributed by atoms with Crippen molar-refractivity contribution in [1.82, 2.24) is 9.97 Å². The van der Waals surface area contributed by atoms with Crippen molar-refractivity contribution in [2.75, 3.05) is 16.4 Å². The average Bonchev–Trinajstić information content (AvgIpc) is 3.19. The molecule has 2 heterocycles. The summed E-state index contributed by atoms with van der Waals surface area (Å²) in [6, 6.07) is 13.1. The first-order valence-electron chi connectivity index (χ1n) is 9.84. The van der Waals surface area contributed by atoms with E-state index in [1.54, 1.807) is 48.5 Å². The molecule has 174 valence electrons. The van der Waals surface area contributed by atoms with Gasteiger partial charge in [-0.2, -0.15) is 0 Å². The number of aromatic nitrogens is 2. The molecule has 2 amide bonds. The number of amides is 2. The number of hydrogen-bond donors (Lipinski definition) is 2. The van der Waals surface area contributed by atoms with Crippen molar-refractivity contribution in [2.45, 2.75) is 12.1 Å². The minimum absolute atomic E-state index is 0.0710. The van der Waals surface area contributed by atoms with E-state index in [2.05, 4.69) is 20.6 Å². The van der Waals surface area contributed by atoms with Crippen LogP contribution in [0.25, 0.3) is 11.0 Å². The predicted octanol–water partition coefficient (Wildman–Crippen LogP) is 4.83. The number of carbonyl (C=O) groups is 2. The van der Waals surface area contributed by atoms with Crippen LogP contribution < -0.4 is 10.6 Å². The average molecular weight is 519 g/mol. The highest BCUT2D eigenvalue weighted by molar-refractivity contribution is 7.91. The van der Waals surface area contributed by atoms with Crippen LogP contribution in [0.3, 0.4) is 0 Å². The molecule has 0 saturated heterocycles. The Morgan fingerprint density at radius 3 is 2.41 bits per heavy atom. The van der Waals surface area contributed by atoms with Crippen LogP contribution in [0.5, 0.6) is 0 Å². The predicted molar refractivity (Wildman–Crippen MR) is 128 cm³/mol. The molecule has 12 heteroatoms. The Morgan fingerprint density at radius 1 is 1.00 bits per heavy atom. The van der Waals surface area contributed by atoms with Crippen molar-refractivity contribution < 1.29 is 22.4 Å². The monoisotopic (exact) mass is 518 g/mol. The standard InChI is InChI=1S/C22H16Cl2N4O5S/c1-2-34(31,32)22-25-11-15(24)18(28-22)20(29)27-17-14-5-3-4-6-16(14)33-19(17)21(30)26-13-9-7-12(23)8-10-13/h3-11H,2H2,1H3,(H,26,30)(H,27,29). The summed E-state index contributed by atoms with van der Waals surface area (Å²) in [7, 11) is -3.78. The van der Waals surface area contributed by atoms with E-state index in [9.17, 15) is 18.0 Å². The third-order valence-corrected chi connectivity index (χ3v) is 6.78. The fourth-order valence-electron chi connectivity index (χ4n) is 3.01. The number of benzene rings is 2. The number of sulfone groups is 1. The highest BCUT2D eigenvalue weighted by Crippen LogP contribution is 2.32. The largest absolute Gasteiger partial charge is 0.449 e. The normalized spacial score (nSPS) is 11.4. The Balaban J connectivity index is 1.72. The summed E-state index contributed by atoms with van der Waals surface area (Å²) >= 11 is 12.0. The molecule has 0 atom stereocenters. The maximum absolute atomic E-state index is 13.0. The Kier molecular flexibility index (Phi) is 6.56. The lowest BCUT2D eigenvalue weighted by Crippen LogP contribution is -2.20. The van der Waals surface area contributed by atoms with Crippen LogP contribution in [-0.4, -0.2) is 36.0 Å². The molecule has 4 rings (SSSR count). The third kappa shape index (κ3) is 4.74. The maximum atomic E-state index is 13.0. The molecule has 0 aliphatic carbocycles. The maximum Gasteiger partial charge on any atom is 0.293 e. The molecule has 0 fully saturated rings. The summed E-state index contributed by atoms with van der Waals surface area (Å²) < 4.78 is 30.0. The number of nitrogens with one attached hydrogen (secondary N) is 2. The number of carbonyl (C=O) groups excluding carboxylic acids is 2. The molecule has 0 unspecified atom stereocenters. The lowest BCUT2D eigenvalue weighted by molar-refractivity contribution is 0.0999. The molecule has 34 heavy (non-hydrogen) atoms. The Hall–Kier alpha value is -3.47. The number of anilines is 2. The van der Waals surface area contributed by atoms with Gasteiger partial charge in [0.2, 0.25) is 20.8 Å². The molecule has 0 bridgehead atoms. The van der Waals surface area contributed by atoms with E-state index in [0.29, 0.717) is 21.7 Å². The van der Waals surface area contributed by atoms with Crippen LogP contribution >= 0.6 is 23.2 Å². The zero-order valence-corrected chi connectivity index (χ0v) is 19.8. The van der Waals surface area contributed by atoms with Gasteiger partial charge in [0.25, 0.3) is 11.8 Å². The summed E-state index contributed by atoms with van der Waals surface area (Å²) in [6.45, 7) is 1.43. The summed E-state index contributed by atoms with van der Waals surface area (Å²) in [5.74, 6) is -1.89. The van der Waals surface area contributed by atoms with Gasteiger partial charge in [0.15, 0.2) is 5.69 Å². The SMILES string of the molecule is CCS(=O)(=O)c1ncc(Cl)c(C(=O)Nc2c(C(=O)Nc3ccc(Cl)cc3)oc3ccccc23)n1. The van der Waals surface area contributed by atoms with Crippen LogP contribution in [0.4, 0.5) is 11.4 Å². The molecule has 2 N–H and O–H groups in total. The van der Waals surface area contributed by atoms with Gasteiger partial charge >= 0.3 is 0 Å². The molecule has 0 aliphatic heterocycles. The van der Waals surface area contributed by atoms with Crippen molar-refractivity contribution >= 4 is 67.2 Å². The number of nitrogens with zero attached hydrogens (tertiary/aromatic N) is 2. The van der Waals surface area contributed by atoms with E-state index in [1.807, 2.05) is 0 Å². The lowest BCUT2D eigenvalue weighted by atomic mass is 10.2. The van der Waals surface area contributed by atoms with Crippen LogP contribution in [-0.2, 0) is 9.84 Å². The number of para-hydroxylation sites is 1. The van der Waals surface area contributed by atoms with Crippen LogP contribution in [0.15, 0.2) is 64.3 Å². The minimum atomic E-state index is -3.78. The molecule has 0 radical (unpaired) electrons. The van der Waals surface area contributed by atoms with Crippen molar-refractivity contribution in [2.24, 2.45) is 0 Å². The number of hydrogen-bond acceptors (Lipinski definition) is 7. The fourth-order valence-corrected chi connectivity index (χ4v) is 4.02. The second-order valence-electron chi connectivity index (χ2n) is 6.97. The lowest BCUT2D eigenvalue weighted by Gasteiger charge is -2.09. The smallest absolute Gasteiger partial charge is 0.293 e. The van der Waals surface area contributed by atoms with Gasteiger partial charge in [-0.05, 0) is 36.4 Å². The molecule has 4 aromatic rings. The summed E-state index contributed by atoms with van der Waals surface area (Å²) in [4.78, 5) is 33.6. The molecule has 0 saturated carbocycles. The second kappa shape index (κ2) is 9.41. The van der Waals surface area contributed by atoms with Gasteiger partial charge in [-0.1, -0.05) is 42.3 Å². The van der Waals surface area contributed by atoms with E-state index in [0.717, 1.165) is 6.20 Å².